The lowest BCUT2D eigenvalue weighted by atomic mass is 10.0. The van der Waals surface area contributed by atoms with Crippen molar-refractivity contribution in [1.82, 2.24) is 10.6 Å². The van der Waals surface area contributed by atoms with Crippen LogP contribution in [0.4, 0.5) is 5.69 Å². The number of rotatable bonds is 7. The van der Waals surface area contributed by atoms with Crippen molar-refractivity contribution in [3.05, 3.63) is 42.5 Å². The lowest BCUT2D eigenvalue weighted by Crippen LogP contribution is -2.55. The number of fused-ring (bicyclic) bond motifs is 1. The number of hydrogen-bond acceptors (Lipinski definition) is 4. The van der Waals surface area contributed by atoms with Gasteiger partial charge in [-0.05, 0) is 31.2 Å². The van der Waals surface area contributed by atoms with Crippen LogP contribution in [0, 0.1) is 5.92 Å². The predicted molar refractivity (Wildman–Crippen MR) is 111 cm³/mol. The highest BCUT2D eigenvalue weighted by atomic mass is 16.2. The molecule has 0 radical (unpaired) electrons. The summed E-state index contributed by atoms with van der Waals surface area (Å²) in [6.07, 6.45) is 0. The van der Waals surface area contributed by atoms with Crippen molar-refractivity contribution in [3.63, 3.8) is 0 Å². The lowest BCUT2D eigenvalue weighted by Gasteiger charge is -2.24. The minimum Gasteiger partial charge on any atom is -0.343 e. The molecule has 5 N–H and O–H groups in total. The molecule has 0 aromatic heterocycles. The predicted octanol–water partition coefficient (Wildman–Crippen LogP) is 1.77. The van der Waals surface area contributed by atoms with E-state index in [2.05, 4.69) is 16.0 Å². The van der Waals surface area contributed by atoms with Crippen LogP contribution in [0.3, 0.4) is 0 Å². The van der Waals surface area contributed by atoms with E-state index in [1.807, 2.05) is 56.3 Å². The van der Waals surface area contributed by atoms with Crippen molar-refractivity contribution >= 4 is 34.2 Å². The van der Waals surface area contributed by atoms with Crippen molar-refractivity contribution in [2.75, 3.05) is 5.32 Å². The zero-order valence-electron chi connectivity index (χ0n) is 16.7. The van der Waals surface area contributed by atoms with Gasteiger partial charge in [0.2, 0.25) is 17.7 Å². The van der Waals surface area contributed by atoms with Gasteiger partial charge in [-0.1, -0.05) is 50.2 Å². The Bertz CT molecular complexity index is 858. The minimum absolute atomic E-state index is 0.156. The Morgan fingerprint density at radius 2 is 1.46 bits per heavy atom. The van der Waals surface area contributed by atoms with Crippen LogP contribution in [0.15, 0.2) is 42.5 Å². The Kier molecular flexibility index (Phi) is 7.12. The van der Waals surface area contributed by atoms with E-state index in [9.17, 15) is 14.4 Å². The molecular weight excluding hydrogens is 356 g/mol. The largest absolute Gasteiger partial charge is 0.343 e. The molecule has 0 fully saturated rings. The third-order valence-electron chi connectivity index (χ3n) is 4.46. The molecular formula is C21H28N4O3. The lowest BCUT2D eigenvalue weighted by molar-refractivity contribution is -0.132. The van der Waals surface area contributed by atoms with E-state index in [0.29, 0.717) is 5.69 Å². The number of nitrogens with two attached hydrogens (primary N) is 1. The minimum atomic E-state index is -0.778. The zero-order valence-corrected chi connectivity index (χ0v) is 16.7. The molecule has 2 rings (SSSR count). The summed E-state index contributed by atoms with van der Waals surface area (Å²) in [6.45, 7) is 6.77. The topological polar surface area (TPSA) is 113 Å². The van der Waals surface area contributed by atoms with Gasteiger partial charge in [-0.2, -0.15) is 0 Å². The molecule has 2 aromatic rings. The zero-order chi connectivity index (χ0) is 20.8. The Labute approximate surface area is 165 Å². The molecule has 0 heterocycles. The van der Waals surface area contributed by atoms with Gasteiger partial charge >= 0.3 is 0 Å². The van der Waals surface area contributed by atoms with Crippen LogP contribution in [0.5, 0.6) is 0 Å². The molecule has 0 aliphatic carbocycles. The van der Waals surface area contributed by atoms with Crippen molar-refractivity contribution in [1.29, 1.82) is 0 Å². The molecule has 150 valence electrons. The summed E-state index contributed by atoms with van der Waals surface area (Å²) in [6, 6.07) is 11.1. The summed E-state index contributed by atoms with van der Waals surface area (Å²) in [7, 11) is 0. The van der Waals surface area contributed by atoms with Crippen LogP contribution >= 0.6 is 0 Å². The Hall–Kier alpha value is -2.93. The van der Waals surface area contributed by atoms with Crippen LogP contribution in [-0.2, 0) is 14.4 Å². The van der Waals surface area contributed by atoms with Crippen LogP contribution in [0.1, 0.15) is 27.7 Å². The molecule has 7 heteroatoms. The maximum absolute atomic E-state index is 12.6. The molecule has 0 unspecified atom stereocenters. The molecule has 0 saturated carbocycles. The standard InChI is InChI=1S/C21H28N4O3/c1-12(2)18(25-19(26)13(3)22)21(28)23-14(4)20(27)24-17-11-7-9-15-8-5-6-10-16(15)17/h5-14,18H,22H2,1-4H3,(H,23,28)(H,24,27)(H,25,26)/t13-,14-,18-/m0/s1. The van der Waals surface area contributed by atoms with Crippen molar-refractivity contribution < 1.29 is 14.4 Å². The first-order valence-corrected chi connectivity index (χ1v) is 9.35. The SMILES string of the molecule is CC(C)[C@H](NC(=O)[C@H](C)N)C(=O)N[C@@H](C)C(=O)Nc1cccc2ccccc12. The summed E-state index contributed by atoms with van der Waals surface area (Å²) in [5.41, 5.74) is 6.23. The highest BCUT2D eigenvalue weighted by molar-refractivity contribution is 6.04. The van der Waals surface area contributed by atoms with E-state index in [1.165, 1.54) is 0 Å². The molecule has 2 aromatic carbocycles. The number of hydrogen-bond donors (Lipinski definition) is 4. The Balaban J connectivity index is 2.06. The van der Waals surface area contributed by atoms with Crippen LogP contribution in [0.25, 0.3) is 10.8 Å². The number of nitrogens with one attached hydrogen (secondary N) is 3. The van der Waals surface area contributed by atoms with Gasteiger partial charge in [-0.15, -0.1) is 0 Å². The molecule has 0 bridgehead atoms. The fraction of sp³-hybridized carbons (Fsp3) is 0.381. The van der Waals surface area contributed by atoms with E-state index in [1.54, 1.807) is 13.8 Å². The first kappa shape index (κ1) is 21.4. The van der Waals surface area contributed by atoms with Gasteiger partial charge in [0, 0.05) is 11.1 Å². The molecule has 3 atom stereocenters. The van der Waals surface area contributed by atoms with Crippen LogP contribution in [0.2, 0.25) is 0 Å². The van der Waals surface area contributed by atoms with Crippen molar-refractivity contribution in [3.8, 4) is 0 Å². The van der Waals surface area contributed by atoms with Gasteiger partial charge in [-0.25, -0.2) is 0 Å². The molecule has 0 saturated heterocycles. The second kappa shape index (κ2) is 9.32. The summed E-state index contributed by atoms with van der Waals surface area (Å²) < 4.78 is 0. The first-order valence-electron chi connectivity index (χ1n) is 9.35. The second-order valence-corrected chi connectivity index (χ2v) is 7.27. The number of carbonyl (C=O) groups is 3. The first-order chi connectivity index (χ1) is 13.2. The smallest absolute Gasteiger partial charge is 0.246 e. The normalized spacial score (nSPS) is 14.2. The van der Waals surface area contributed by atoms with Crippen molar-refractivity contribution in [2.24, 2.45) is 11.7 Å². The van der Waals surface area contributed by atoms with E-state index in [4.69, 9.17) is 5.73 Å². The molecule has 28 heavy (non-hydrogen) atoms. The quantitative estimate of drug-likeness (QED) is 0.583. The fourth-order valence-corrected chi connectivity index (χ4v) is 2.76. The van der Waals surface area contributed by atoms with Gasteiger partial charge in [0.05, 0.1) is 6.04 Å². The van der Waals surface area contributed by atoms with Gasteiger partial charge < -0.3 is 21.7 Å². The average molecular weight is 384 g/mol. The third kappa shape index (κ3) is 5.29. The molecule has 0 aliphatic rings. The Morgan fingerprint density at radius 3 is 2.11 bits per heavy atom. The van der Waals surface area contributed by atoms with Gasteiger partial charge in [0.15, 0.2) is 0 Å². The maximum Gasteiger partial charge on any atom is 0.246 e. The summed E-state index contributed by atoms with van der Waals surface area (Å²) in [5.74, 6) is -1.34. The number of benzene rings is 2. The van der Waals surface area contributed by atoms with E-state index >= 15 is 0 Å². The molecule has 0 aliphatic heterocycles. The summed E-state index contributed by atoms with van der Waals surface area (Å²) in [5, 5.41) is 10.1. The molecule has 0 spiro atoms. The van der Waals surface area contributed by atoms with Crippen LogP contribution < -0.4 is 21.7 Å². The van der Waals surface area contributed by atoms with E-state index in [-0.39, 0.29) is 11.8 Å². The van der Waals surface area contributed by atoms with Crippen LogP contribution in [-0.4, -0.2) is 35.8 Å². The van der Waals surface area contributed by atoms with E-state index in [0.717, 1.165) is 10.8 Å². The third-order valence-corrected chi connectivity index (χ3v) is 4.46. The summed E-state index contributed by atoms with van der Waals surface area (Å²) in [4.78, 5) is 37.0. The molecule has 7 nitrogen and oxygen atoms in total. The van der Waals surface area contributed by atoms with Gasteiger partial charge in [-0.3, -0.25) is 14.4 Å². The number of anilines is 1. The fourth-order valence-electron chi connectivity index (χ4n) is 2.76. The average Bonchev–Trinajstić information content (AvgIpc) is 2.65. The van der Waals surface area contributed by atoms with Crippen molar-refractivity contribution in [2.45, 2.75) is 45.8 Å². The highest BCUT2D eigenvalue weighted by Gasteiger charge is 2.27. The monoisotopic (exact) mass is 384 g/mol. The van der Waals surface area contributed by atoms with Gasteiger partial charge in [0.1, 0.15) is 12.1 Å². The second-order valence-electron chi connectivity index (χ2n) is 7.27. The number of carbonyl (C=O) groups excluding carboxylic acids is 3. The maximum atomic E-state index is 12.6. The summed E-state index contributed by atoms with van der Waals surface area (Å²) >= 11 is 0. The van der Waals surface area contributed by atoms with Gasteiger partial charge in [0.25, 0.3) is 0 Å². The number of amides is 3. The van der Waals surface area contributed by atoms with E-state index < -0.39 is 29.9 Å². The highest BCUT2D eigenvalue weighted by Crippen LogP contribution is 2.23. The Morgan fingerprint density at radius 1 is 0.821 bits per heavy atom. The molecule has 3 amide bonds.